The molecule has 0 saturated carbocycles. The van der Waals surface area contributed by atoms with Crippen molar-refractivity contribution in [2.24, 2.45) is 11.8 Å². The molecule has 2 saturated heterocycles. The van der Waals surface area contributed by atoms with E-state index in [1.807, 2.05) is 6.20 Å². The Hall–Kier alpha value is -2.17. The molecule has 3 heterocycles. The lowest BCUT2D eigenvalue weighted by Crippen LogP contribution is -2.37. The molecule has 2 aliphatic rings. The Kier molecular flexibility index (Phi) is 5.32. The molecule has 2 aromatic rings. The molecule has 0 spiro atoms. The molecule has 5 heteroatoms. The highest BCUT2D eigenvalue weighted by Crippen LogP contribution is 2.26. The van der Waals surface area contributed by atoms with E-state index in [0.29, 0.717) is 0 Å². The molecule has 1 aromatic carbocycles. The van der Waals surface area contributed by atoms with Crippen molar-refractivity contribution < 1.29 is 0 Å². The van der Waals surface area contributed by atoms with Crippen molar-refractivity contribution in [1.29, 1.82) is 0 Å². The normalized spacial score (nSPS) is 19.7. The molecule has 138 valence electrons. The SMILES string of the molecule is CC1CCN(c2cnnc(N3CCC(Cc4ccccc4)CC3)n2)CC1. The molecule has 2 aliphatic heterocycles. The quantitative estimate of drug-likeness (QED) is 0.843. The van der Waals surface area contributed by atoms with E-state index in [9.17, 15) is 0 Å². The third-order valence-electron chi connectivity index (χ3n) is 5.91. The van der Waals surface area contributed by atoms with Crippen LogP contribution >= 0.6 is 0 Å². The zero-order valence-corrected chi connectivity index (χ0v) is 15.7. The number of aromatic nitrogens is 3. The average molecular weight is 351 g/mol. The van der Waals surface area contributed by atoms with Crippen LogP contribution in [0.2, 0.25) is 0 Å². The van der Waals surface area contributed by atoms with Gasteiger partial charge in [0, 0.05) is 26.2 Å². The van der Waals surface area contributed by atoms with E-state index in [1.165, 1.54) is 37.7 Å². The molecule has 0 bridgehead atoms. The van der Waals surface area contributed by atoms with Crippen LogP contribution in [-0.4, -0.2) is 41.4 Å². The summed E-state index contributed by atoms with van der Waals surface area (Å²) in [5, 5.41) is 8.57. The van der Waals surface area contributed by atoms with E-state index in [2.05, 4.69) is 57.3 Å². The van der Waals surface area contributed by atoms with Gasteiger partial charge in [-0.1, -0.05) is 37.3 Å². The van der Waals surface area contributed by atoms with Crippen LogP contribution in [-0.2, 0) is 6.42 Å². The molecule has 4 rings (SSSR count). The lowest BCUT2D eigenvalue weighted by Gasteiger charge is -2.33. The van der Waals surface area contributed by atoms with E-state index < -0.39 is 0 Å². The number of benzene rings is 1. The van der Waals surface area contributed by atoms with Crippen LogP contribution in [0, 0.1) is 11.8 Å². The molecule has 2 fully saturated rings. The van der Waals surface area contributed by atoms with Gasteiger partial charge in [-0.3, -0.25) is 0 Å². The number of hydrogen-bond donors (Lipinski definition) is 0. The van der Waals surface area contributed by atoms with Crippen molar-refractivity contribution in [2.75, 3.05) is 36.0 Å². The van der Waals surface area contributed by atoms with E-state index in [-0.39, 0.29) is 0 Å². The first-order valence-corrected chi connectivity index (χ1v) is 10.0. The topological polar surface area (TPSA) is 45.2 Å². The average Bonchev–Trinajstić information content (AvgIpc) is 2.70. The summed E-state index contributed by atoms with van der Waals surface area (Å²) in [6.07, 6.45) is 7.88. The van der Waals surface area contributed by atoms with Gasteiger partial charge in [-0.25, -0.2) is 0 Å². The summed E-state index contributed by atoms with van der Waals surface area (Å²) in [5.74, 6) is 3.38. The highest BCUT2D eigenvalue weighted by atomic mass is 15.3. The second-order valence-electron chi connectivity index (χ2n) is 7.90. The largest absolute Gasteiger partial charge is 0.355 e. The monoisotopic (exact) mass is 351 g/mol. The maximum absolute atomic E-state index is 4.83. The maximum atomic E-state index is 4.83. The van der Waals surface area contributed by atoms with Gasteiger partial charge in [0.15, 0.2) is 5.82 Å². The Labute approximate surface area is 156 Å². The Bertz CT molecular complexity index is 689. The number of anilines is 2. The molecule has 0 amide bonds. The molecule has 0 N–H and O–H groups in total. The standard InChI is InChI=1S/C21H29N5/c1-17-7-11-25(12-8-17)20-16-22-24-21(23-20)26-13-9-19(10-14-26)15-18-5-3-2-4-6-18/h2-6,16-17,19H,7-15H2,1H3. The molecule has 0 atom stereocenters. The summed E-state index contributed by atoms with van der Waals surface area (Å²) in [7, 11) is 0. The zero-order chi connectivity index (χ0) is 17.8. The molecule has 1 aromatic heterocycles. The number of piperidine rings is 2. The number of hydrogen-bond acceptors (Lipinski definition) is 5. The van der Waals surface area contributed by atoms with Crippen LogP contribution in [0.25, 0.3) is 0 Å². The first-order chi connectivity index (χ1) is 12.8. The Morgan fingerprint density at radius 1 is 0.923 bits per heavy atom. The highest BCUT2D eigenvalue weighted by Gasteiger charge is 2.23. The van der Waals surface area contributed by atoms with E-state index in [4.69, 9.17) is 4.98 Å². The van der Waals surface area contributed by atoms with Gasteiger partial charge in [-0.05, 0) is 49.5 Å². The van der Waals surface area contributed by atoms with Crippen LogP contribution in [0.15, 0.2) is 36.5 Å². The van der Waals surface area contributed by atoms with Gasteiger partial charge in [-0.15, -0.1) is 5.10 Å². The van der Waals surface area contributed by atoms with Crippen molar-refractivity contribution in [3.63, 3.8) is 0 Å². The predicted molar refractivity (Wildman–Crippen MR) is 106 cm³/mol. The summed E-state index contributed by atoms with van der Waals surface area (Å²) in [6.45, 7) is 6.55. The first-order valence-electron chi connectivity index (χ1n) is 10.0. The van der Waals surface area contributed by atoms with E-state index in [1.54, 1.807) is 0 Å². The van der Waals surface area contributed by atoms with Gasteiger partial charge < -0.3 is 9.80 Å². The maximum Gasteiger partial charge on any atom is 0.247 e. The van der Waals surface area contributed by atoms with Crippen LogP contribution in [0.1, 0.15) is 38.2 Å². The van der Waals surface area contributed by atoms with Crippen molar-refractivity contribution in [2.45, 2.75) is 39.0 Å². The molecule has 0 aliphatic carbocycles. The number of nitrogens with zero attached hydrogens (tertiary/aromatic N) is 5. The second kappa shape index (κ2) is 8.02. The third kappa shape index (κ3) is 4.14. The molecule has 5 nitrogen and oxygen atoms in total. The van der Waals surface area contributed by atoms with Crippen molar-refractivity contribution in [3.8, 4) is 0 Å². The van der Waals surface area contributed by atoms with Gasteiger partial charge in [0.1, 0.15) is 0 Å². The summed E-state index contributed by atoms with van der Waals surface area (Å²) in [6, 6.07) is 10.8. The van der Waals surface area contributed by atoms with Crippen molar-refractivity contribution in [1.82, 2.24) is 15.2 Å². The summed E-state index contributed by atoms with van der Waals surface area (Å²) in [4.78, 5) is 9.50. The fourth-order valence-corrected chi connectivity index (χ4v) is 4.09. The van der Waals surface area contributed by atoms with Gasteiger partial charge in [0.05, 0.1) is 6.20 Å². The highest BCUT2D eigenvalue weighted by molar-refractivity contribution is 5.42. The Balaban J connectivity index is 1.35. The lowest BCUT2D eigenvalue weighted by molar-refractivity contribution is 0.399. The Morgan fingerprint density at radius 3 is 2.35 bits per heavy atom. The lowest BCUT2D eigenvalue weighted by atomic mass is 9.90. The summed E-state index contributed by atoms with van der Waals surface area (Å²) >= 11 is 0. The zero-order valence-electron chi connectivity index (χ0n) is 15.7. The van der Waals surface area contributed by atoms with Crippen LogP contribution in [0.3, 0.4) is 0 Å². The second-order valence-corrected chi connectivity index (χ2v) is 7.90. The predicted octanol–water partition coefficient (Wildman–Crippen LogP) is 3.57. The molecule has 0 radical (unpaired) electrons. The number of rotatable bonds is 4. The smallest absolute Gasteiger partial charge is 0.247 e. The molecular weight excluding hydrogens is 322 g/mol. The van der Waals surface area contributed by atoms with Gasteiger partial charge in [-0.2, -0.15) is 10.1 Å². The van der Waals surface area contributed by atoms with Crippen LogP contribution in [0.4, 0.5) is 11.8 Å². The van der Waals surface area contributed by atoms with Crippen LogP contribution in [0.5, 0.6) is 0 Å². The molecular formula is C21H29N5. The van der Waals surface area contributed by atoms with Gasteiger partial charge in [0.2, 0.25) is 5.95 Å². The van der Waals surface area contributed by atoms with Gasteiger partial charge >= 0.3 is 0 Å². The summed E-state index contributed by atoms with van der Waals surface area (Å²) in [5.41, 5.74) is 1.45. The summed E-state index contributed by atoms with van der Waals surface area (Å²) < 4.78 is 0. The Morgan fingerprint density at radius 2 is 1.62 bits per heavy atom. The minimum atomic E-state index is 0.758. The van der Waals surface area contributed by atoms with Crippen molar-refractivity contribution in [3.05, 3.63) is 42.1 Å². The van der Waals surface area contributed by atoms with Crippen molar-refractivity contribution >= 4 is 11.8 Å². The van der Waals surface area contributed by atoms with E-state index in [0.717, 1.165) is 49.8 Å². The minimum Gasteiger partial charge on any atom is -0.355 e. The van der Waals surface area contributed by atoms with Gasteiger partial charge in [0.25, 0.3) is 0 Å². The van der Waals surface area contributed by atoms with Crippen LogP contribution < -0.4 is 9.80 Å². The third-order valence-corrected chi connectivity index (χ3v) is 5.91. The molecule has 26 heavy (non-hydrogen) atoms. The molecule has 0 unspecified atom stereocenters. The minimum absolute atomic E-state index is 0.758. The fraction of sp³-hybridized carbons (Fsp3) is 0.571. The first kappa shape index (κ1) is 17.3. The fourth-order valence-electron chi connectivity index (χ4n) is 4.09. The van der Waals surface area contributed by atoms with E-state index >= 15 is 0 Å².